The van der Waals surface area contributed by atoms with Crippen molar-refractivity contribution in [1.82, 2.24) is 15.2 Å². The fourth-order valence-electron chi connectivity index (χ4n) is 6.03. The van der Waals surface area contributed by atoms with Gasteiger partial charge in [0.15, 0.2) is 5.58 Å². The Morgan fingerprint density at radius 3 is 2.60 bits per heavy atom. The number of aliphatic imine (C=N–C) groups is 1. The van der Waals surface area contributed by atoms with Gasteiger partial charge in [-0.3, -0.25) is 10.2 Å². The number of oxazole rings is 1. The number of fused-ring (bicyclic) bond motifs is 2. The fourth-order valence-corrected chi connectivity index (χ4v) is 6.03. The maximum absolute atomic E-state index is 12.9. The molecule has 5 rings (SSSR count). The lowest BCUT2D eigenvalue weighted by atomic mass is 9.93. The number of methoxy groups -OCH3 is 1. The molecular weight excluding hydrogens is 612 g/mol. The number of nitrogens with zero attached hydrogens (tertiary/aromatic N) is 3. The van der Waals surface area contributed by atoms with Crippen molar-refractivity contribution >= 4 is 40.8 Å². The van der Waals surface area contributed by atoms with Crippen LogP contribution in [0.2, 0.25) is 0 Å². The van der Waals surface area contributed by atoms with Crippen molar-refractivity contribution in [3.8, 4) is 0 Å². The Hall–Kier alpha value is -4.36. The van der Waals surface area contributed by atoms with E-state index in [1.807, 2.05) is 30.0 Å². The fraction of sp³-hybridized carbons (Fsp3) is 0.444. The average Bonchev–Trinajstić information content (AvgIpc) is 3.63. The van der Waals surface area contributed by atoms with Crippen molar-refractivity contribution in [2.75, 3.05) is 65.6 Å². The van der Waals surface area contributed by atoms with Gasteiger partial charge in [-0.05, 0) is 66.6 Å². The molecule has 2 aliphatic heterocycles. The van der Waals surface area contributed by atoms with Gasteiger partial charge < -0.3 is 39.3 Å². The van der Waals surface area contributed by atoms with Gasteiger partial charge >= 0.3 is 5.84 Å². The van der Waals surface area contributed by atoms with Crippen molar-refractivity contribution < 1.29 is 33.6 Å². The third kappa shape index (κ3) is 8.95. The van der Waals surface area contributed by atoms with Crippen LogP contribution in [-0.4, -0.2) is 93.8 Å². The minimum atomic E-state index is -0.0169. The number of nitrogen functional groups attached to an aromatic ring is 1. The Morgan fingerprint density at radius 2 is 1.85 bits per heavy atom. The Bertz CT molecular complexity index is 1660. The molecule has 1 aromatic heterocycles. The van der Waals surface area contributed by atoms with Gasteiger partial charge in [-0.1, -0.05) is 29.8 Å². The number of aryl methyl sites for hydroxylation is 1. The van der Waals surface area contributed by atoms with Crippen LogP contribution in [0.25, 0.3) is 16.8 Å². The number of carbonyl (C=O) groups excluding carboxylic acids is 1. The van der Waals surface area contributed by atoms with Crippen LogP contribution in [0, 0.1) is 0 Å². The largest absolute Gasteiger partial charge is 0.424 e. The minimum absolute atomic E-state index is 0.0169. The topological polar surface area (TPSA) is 159 Å². The second kappa shape index (κ2) is 17.2. The highest BCUT2D eigenvalue weighted by Crippen LogP contribution is 2.34. The standard InChI is InChI=1S/C36H46N6O6/c1-4-39-35(37)33-24(2)29(40-34(33)27-8-10-31-30(22-27)41-36(38)48-31)9-6-25-5-7-28-23-42(13-11-26(28)21-25)32(43)12-14-45-17-18-47-20-19-46-16-15-44-3/h4-5,7-8,10,21-22,29,37,40H,2,6,9,11-20,23H2,1,3H3,(H2,38,41)/p+1. The summed E-state index contributed by atoms with van der Waals surface area (Å²) in [6, 6.07) is 12.5. The summed E-state index contributed by atoms with van der Waals surface area (Å²) in [4.78, 5) is 23.4. The number of hydrogen-bond acceptors (Lipinski definition) is 9. The molecule has 12 nitrogen and oxygen atoms in total. The molecule has 0 bridgehead atoms. The van der Waals surface area contributed by atoms with Gasteiger partial charge in [0, 0.05) is 25.8 Å². The first-order valence-corrected chi connectivity index (χ1v) is 16.5. The number of amides is 1. The van der Waals surface area contributed by atoms with E-state index in [-0.39, 0.29) is 18.0 Å². The van der Waals surface area contributed by atoms with Gasteiger partial charge in [-0.15, -0.1) is 0 Å². The van der Waals surface area contributed by atoms with E-state index in [0.29, 0.717) is 82.7 Å². The van der Waals surface area contributed by atoms with Crippen LogP contribution in [0.15, 0.2) is 63.5 Å². The highest BCUT2D eigenvalue weighted by atomic mass is 16.6. The number of anilines is 1. The molecule has 12 heteroatoms. The molecule has 1 unspecified atom stereocenters. The zero-order valence-electron chi connectivity index (χ0n) is 28.0. The Balaban J connectivity index is 1.09. The van der Waals surface area contributed by atoms with Gasteiger partial charge in [0.2, 0.25) is 5.91 Å². The van der Waals surface area contributed by atoms with Crippen LogP contribution in [0.4, 0.5) is 6.01 Å². The van der Waals surface area contributed by atoms with Crippen molar-refractivity contribution in [1.29, 1.82) is 0 Å². The lowest BCUT2D eigenvalue weighted by Gasteiger charge is -2.29. The monoisotopic (exact) mass is 659 g/mol. The first kappa shape index (κ1) is 35.0. The number of amidine groups is 1. The van der Waals surface area contributed by atoms with Crippen LogP contribution in [-0.2, 0) is 43.1 Å². The number of aromatic nitrogens is 1. The molecule has 256 valence electrons. The van der Waals surface area contributed by atoms with E-state index >= 15 is 0 Å². The number of carbonyl (C=O) groups is 1. The molecule has 0 saturated heterocycles. The van der Waals surface area contributed by atoms with Crippen molar-refractivity contribution in [2.45, 2.75) is 45.2 Å². The summed E-state index contributed by atoms with van der Waals surface area (Å²) in [5.41, 5.74) is 14.3. The third-order valence-electron chi connectivity index (χ3n) is 8.52. The van der Waals surface area contributed by atoms with Gasteiger partial charge in [-0.2, -0.15) is 4.98 Å². The van der Waals surface area contributed by atoms with Crippen LogP contribution in [0.5, 0.6) is 0 Å². The normalized spacial score (nSPS) is 16.2. The average molecular weight is 660 g/mol. The van der Waals surface area contributed by atoms with E-state index < -0.39 is 0 Å². The number of ether oxygens (including phenoxy) is 4. The molecule has 0 radical (unpaired) electrons. The second-order valence-corrected chi connectivity index (χ2v) is 11.8. The highest BCUT2D eigenvalue weighted by molar-refractivity contribution is 6.09. The van der Waals surface area contributed by atoms with Crippen molar-refractivity contribution in [3.63, 3.8) is 0 Å². The van der Waals surface area contributed by atoms with E-state index in [1.165, 1.54) is 16.7 Å². The van der Waals surface area contributed by atoms with E-state index in [9.17, 15) is 4.79 Å². The quantitative estimate of drug-likeness (QED) is 0.112. The molecule has 3 heterocycles. The van der Waals surface area contributed by atoms with Crippen LogP contribution in [0.3, 0.4) is 0 Å². The predicted molar refractivity (Wildman–Crippen MR) is 185 cm³/mol. The molecule has 5 N–H and O–H groups in total. The zero-order valence-corrected chi connectivity index (χ0v) is 28.0. The summed E-state index contributed by atoms with van der Waals surface area (Å²) in [6.45, 7) is 11.0. The lowest BCUT2D eigenvalue weighted by Crippen LogP contribution is -2.40. The first-order valence-electron chi connectivity index (χ1n) is 16.5. The number of rotatable bonds is 17. The summed E-state index contributed by atoms with van der Waals surface area (Å²) < 4.78 is 26.8. The van der Waals surface area contributed by atoms with Gasteiger partial charge in [0.1, 0.15) is 11.7 Å². The summed E-state index contributed by atoms with van der Waals surface area (Å²) in [5.74, 6) is 0.521. The molecule has 0 saturated carbocycles. The summed E-state index contributed by atoms with van der Waals surface area (Å²) in [7, 11) is 1.64. The maximum atomic E-state index is 12.9. The number of hydrogen-bond donors (Lipinski definition) is 3. The molecular formula is C36H47N6O6+. The second-order valence-electron chi connectivity index (χ2n) is 11.8. The van der Waals surface area contributed by atoms with Crippen LogP contribution < -0.4 is 16.5 Å². The molecule has 1 atom stereocenters. The predicted octanol–water partition coefficient (Wildman–Crippen LogP) is 2.50. The summed E-state index contributed by atoms with van der Waals surface area (Å²) in [6.07, 6.45) is 4.54. The number of nitrogens with one attached hydrogen (secondary N) is 1. The van der Waals surface area contributed by atoms with Crippen LogP contribution in [0.1, 0.15) is 42.0 Å². The van der Waals surface area contributed by atoms with Crippen molar-refractivity contribution in [3.05, 3.63) is 76.4 Å². The van der Waals surface area contributed by atoms with E-state index in [0.717, 1.165) is 41.7 Å². The molecule has 0 spiro atoms. The summed E-state index contributed by atoms with van der Waals surface area (Å²) in [5, 5.41) is 10.1. The van der Waals surface area contributed by atoms with Gasteiger partial charge in [-0.25, -0.2) is 0 Å². The number of benzene rings is 2. The smallest absolute Gasteiger partial charge is 0.323 e. The van der Waals surface area contributed by atoms with Gasteiger partial charge in [0.25, 0.3) is 6.01 Å². The maximum Gasteiger partial charge on any atom is 0.323 e. The van der Waals surface area contributed by atoms with E-state index in [2.05, 4.69) is 40.1 Å². The van der Waals surface area contributed by atoms with E-state index in [4.69, 9.17) is 34.5 Å². The molecule has 0 aliphatic carbocycles. The lowest BCUT2D eigenvalue weighted by molar-refractivity contribution is -0.133. The first-order chi connectivity index (χ1) is 23.4. The number of nitrogens with two attached hydrogens (primary N) is 2. The van der Waals surface area contributed by atoms with Gasteiger partial charge in [0.05, 0.1) is 70.0 Å². The Morgan fingerprint density at radius 1 is 1.10 bits per heavy atom. The Labute approximate surface area is 281 Å². The Kier molecular flexibility index (Phi) is 12.5. The molecule has 48 heavy (non-hydrogen) atoms. The summed E-state index contributed by atoms with van der Waals surface area (Å²) >= 11 is 0. The highest BCUT2D eigenvalue weighted by Gasteiger charge is 2.34. The molecule has 3 aromatic rings. The minimum Gasteiger partial charge on any atom is -0.424 e. The molecule has 2 aromatic carbocycles. The molecule has 0 fully saturated rings. The third-order valence-corrected chi connectivity index (χ3v) is 8.52. The van der Waals surface area contributed by atoms with Crippen LogP contribution >= 0.6 is 0 Å². The molecule has 1 amide bonds. The zero-order chi connectivity index (χ0) is 33.9. The van der Waals surface area contributed by atoms with Crippen molar-refractivity contribution in [2.24, 2.45) is 4.99 Å². The van der Waals surface area contributed by atoms with E-state index in [1.54, 1.807) is 13.3 Å². The molecule has 2 aliphatic rings. The SMILES string of the molecule is C=C1C(C(=[NH2+])N=CC)=C(c2ccc3oc(N)nc3c2)NC1CCc1ccc2c(c1)CCN(C(=O)CCOCCOCCOCCOC)C2.